The van der Waals surface area contributed by atoms with Crippen molar-refractivity contribution in [1.29, 1.82) is 0 Å². The van der Waals surface area contributed by atoms with Crippen LogP contribution < -0.4 is 5.32 Å². The number of rotatable bonds is 4. The molecule has 7 nitrogen and oxygen atoms in total. The van der Waals surface area contributed by atoms with Crippen molar-refractivity contribution in [3.05, 3.63) is 43.0 Å². The lowest BCUT2D eigenvalue weighted by atomic mass is 10.0. The van der Waals surface area contributed by atoms with E-state index in [1.54, 1.807) is 43.8 Å². The number of carbonyl (C=O) groups is 1. The van der Waals surface area contributed by atoms with E-state index >= 15 is 0 Å². The third-order valence-corrected chi connectivity index (χ3v) is 3.81. The van der Waals surface area contributed by atoms with E-state index in [0.717, 1.165) is 10.9 Å². The van der Waals surface area contributed by atoms with Crippen LogP contribution in [0.2, 0.25) is 0 Å². The summed E-state index contributed by atoms with van der Waals surface area (Å²) in [5.74, 6) is 1.11. The van der Waals surface area contributed by atoms with Crippen LogP contribution in [0.5, 0.6) is 0 Å². The Kier molecular flexibility index (Phi) is 4.31. The Bertz CT molecular complexity index is 908. The molecule has 0 spiro atoms. The number of amides is 1. The van der Waals surface area contributed by atoms with Crippen molar-refractivity contribution in [2.24, 2.45) is 0 Å². The van der Waals surface area contributed by atoms with Gasteiger partial charge in [-0.2, -0.15) is 0 Å². The average molecular weight is 336 g/mol. The summed E-state index contributed by atoms with van der Waals surface area (Å²) < 4.78 is 0. The maximum Gasteiger partial charge on any atom is 0.247 e. The topological polar surface area (TPSA) is 83.9 Å². The van der Waals surface area contributed by atoms with Crippen molar-refractivity contribution < 1.29 is 4.79 Å². The van der Waals surface area contributed by atoms with E-state index in [9.17, 15) is 4.79 Å². The zero-order valence-electron chi connectivity index (χ0n) is 14.7. The standard InChI is InChI=1S/C18H20N6O/c1-18(2,17(25)24(3)4)23-16-13-7-10-20-11-14(13)21-15(22-16)12-5-8-19-9-6-12/h5-11H,1-4H3,(H,21,22,23). The van der Waals surface area contributed by atoms with Crippen LogP contribution in [0.4, 0.5) is 5.82 Å². The Balaban J connectivity index is 2.12. The normalized spacial score (nSPS) is 11.4. The molecule has 3 aromatic heterocycles. The highest BCUT2D eigenvalue weighted by Crippen LogP contribution is 2.26. The zero-order valence-corrected chi connectivity index (χ0v) is 14.7. The van der Waals surface area contributed by atoms with Gasteiger partial charge < -0.3 is 10.2 Å². The lowest BCUT2D eigenvalue weighted by Crippen LogP contribution is -2.47. The van der Waals surface area contributed by atoms with Gasteiger partial charge in [0.15, 0.2) is 5.82 Å². The molecule has 0 unspecified atom stereocenters. The van der Waals surface area contributed by atoms with Crippen LogP contribution >= 0.6 is 0 Å². The lowest BCUT2D eigenvalue weighted by Gasteiger charge is -2.29. The average Bonchev–Trinajstić information content (AvgIpc) is 2.61. The Hall–Kier alpha value is -3.09. The van der Waals surface area contributed by atoms with Gasteiger partial charge in [-0.05, 0) is 32.0 Å². The number of nitrogens with zero attached hydrogens (tertiary/aromatic N) is 5. The summed E-state index contributed by atoms with van der Waals surface area (Å²) >= 11 is 0. The van der Waals surface area contributed by atoms with Crippen LogP contribution in [0, 0.1) is 0 Å². The van der Waals surface area contributed by atoms with Crippen LogP contribution in [0.1, 0.15) is 13.8 Å². The molecular formula is C18H20N6O. The molecule has 1 N–H and O–H groups in total. The zero-order chi connectivity index (χ0) is 18.0. The molecular weight excluding hydrogens is 316 g/mol. The van der Waals surface area contributed by atoms with Crippen LogP contribution in [0.3, 0.4) is 0 Å². The number of hydrogen-bond donors (Lipinski definition) is 1. The van der Waals surface area contributed by atoms with Gasteiger partial charge in [-0.15, -0.1) is 0 Å². The van der Waals surface area contributed by atoms with Gasteiger partial charge in [0.25, 0.3) is 0 Å². The first-order valence-corrected chi connectivity index (χ1v) is 7.90. The summed E-state index contributed by atoms with van der Waals surface area (Å²) in [5.41, 5.74) is 0.740. The first kappa shape index (κ1) is 16.8. The number of hydrogen-bond acceptors (Lipinski definition) is 6. The molecule has 3 heterocycles. The van der Waals surface area contributed by atoms with E-state index in [-0.39, 0.29) is 5.91 Å². The van der Waals surface area contributed by atoms with E-state index in [0.29, 0.717) is 17.2 Å². The second-order valence-electron chi connectivity index (χ2n) is 6.47. The first-order chi connectivity index (χ1) is 11.9. The predicted octanol–water partition coefficient (Wildman–Crippen LogP) is 2.37. The number of aromatic nitrogens is 4. The molecule has 0 fully saturated rings. The molecule has 0 aliphatic heterocycles. The maximum absolute atomic E-state index is 12.5. The highest BCUT2D eigenvalue weighted by atomic mass is 16.2. The van der Waals surface area contributed by atoms with Crippen molar-refractivity contribution in [2.45, 2.75) is 19.4 Å². The predicted molar refractivity (Wildman–Crippen MR) is 97.0 cm³/mol. The van der Waals surface area contributed by atoms with Gasteiger partial charge in [0.1, 0.15) is 11.4 Å². The third kappa shape index (κ3) is 3.40. The molecule has 3 rings (SSSR count). The summed E-state index contributed by atoms with van der Waals surface area (Å²) in [6.07, 6.45) is 6.76. The SMILES string of the molecule is CN(C)C(=O)C(C)(C)Nc1nc(-c2ccncc2)nc2cnccc12. The molecule has 0 aliphatic carbocycles. The molecule has 0 aliphatic rings. The third-order valence-electron chi connectivity index (χ3n) is 3.81. The number of anilines is 1. The Labute approximate surface area is 146 Å². The number of likely N-dealkylation sites (N-methyl/N-ethyl adjacent to an activating group) is 1. The van der Waals surface area contributed by atoms with Crippen LogP contribution in [-0.2, 0) is 4.79 Å². The molecule has 128 valence electrons. The number of nitrogens with one attached hydrogen (secondary N) is 1. The van der Waals surface area contributed by atoms with E-state index in [1.165, 1.54) is 0 Å². The Morgan fingerprint density at radius 2 is 1.72 bits per heavy atom. The molecule has 0 radical (unpaired) electrons. The van der Waals surface area contributed by atoms with Gasteiger partial charge in [-0.3, -0.25) is 14.8 Å². The fourth-order valence-electron chi connectivity index (χ4n) is 2.61. The molecule has 0 bridgehead atoms. The lowest BCUT2D eigenvalue weighted by molar-refractivity contribution is -0.132. The minimum Gasteiger partial charge on any atom is -0.356 e. The van der Waals surface area contributed by atoms with Crippen molar-refractivity contribution in [3.63, 3.8) is 0 Å². The molecule has 0 atom stereocenters. The molecule has 7 heteroatoms. The van der Waals surface area contributed by atoms with Gasteiger partial charge >= 0.3 is 0 Å². The van der Waals surface area contributed by atoms with Crippen molar-refractivity contribution >= 4 is 22.6 Å². The molecule has 0 saturated heterocycles. The number of fused-ring (bicyclic) bond motifs is 1. The maximum atomic E-state index is 12.5. The van der Waals surface area contributed by atoms with Crippen LogP contribution in [0.15, 0.2) is 43.0 Å². The smallest absolute Gasteiger partial charge is 0.247 e. The molecule has 25 heavy (non-hydrogen) atoms. The van der Waals surface area contributed by atoms with E-state index < -0.39 is 5.54 Å². The minimum absolute atomic E-state index is 0.0428. The number of pyridine rings is 2. The summed E-state index contributed by atoms with van der Waals surface area (Å²) in [5, 5.41) is 4.08. The van der Waals surface area contributed by atoms with Gasteiger partial charge in [0, 0.05) is 43.6 Å². The second-order valence-corrected chi connectivity index (χ2v) is 6.47. The monoisotopic (exact) mass is 336 g/mol. The Morgan fingerprint density at radius 1 is 1.04 bits per heavy atom. The summed E-state index contributed by atoms with van der Waals surface area (Å²) in [6.45, 7) is 3.66. The van der Waals surface area contributed by atoms with Gasteiger partial charge in [0.2, 0.25) is 5.91 Å². The number of carbonyl (C=O) groups excluding carboxylic acids is 1. The summed E-state index contributed by atoms with van der Waals surface area (Å²) in [6, 6.07) is 5.53. The first-order valence-electron chi connectivity index (χ1n) is 7.90. The summed E-state index contributed by atoms with van der Waals surface area (Å²) in [4.78, 5) is 31.4. The largest absolute Gasteiger partial charge is 0.356 e. The summed E-state index contributed by atoms with van der Waals surface area (Å²) in [7, 11) is 3.46. The van der Waals surface area contributed by atoms with Gasteiger partial charge in [0.05, 0.1) is 11.7 Å². The van der Waals surface area contributed by atoms with Gasteiger partial charge in [-0.25, -0.2) is 9.97 Å². The molecule has 0 aromatic carbocycles. The second kappa shape index (κ2) is 6.43. The van der Waals surface area contributed by atoms with E-state index in [2.05, 4.69) is 25.3 Å². The quantitative estimate of drug-likeness (QED) is 0.787. The highest BCUT2D eigenvalue weighted by Gasteiger charge is 2.30. The fraction of sp³-hybridized carbons (Fsp3) is 0.278. The fourth-order valence-corrected chi connectivity index (χ4v) is 2.61. The molecule has 3 aromatic rings. The van der Waals surface area contributed by atoms with Crippen molar-refractivity contribution in [1.82, 2.24) is 24.8 Å². The van der Waals surface area contributed by atoms with Gasteiger partial charge in [-0.1, -0.05) is 0 Å². The Morgan fingerprint density at radius 3 is 2.40 bits per heavy atom. The van der Waals surface area contributed by atoms with Crippen molar-refractivity contribution in [3.8, 4) is 11.4 Å². The van der Waals surface area contributed by atoms with Crippen LogP contribution in [0.25, 0.3) is 22.3 Å². The van der Waals surface area contributed by atoms with Crippen LogP contribution in [-0.4, -0.2) is 50.4 Å². The van der Waals surface area contributed by atoms with E-state index in [1.807, 2.05) is 32.0 Å². The highest BCUT2D eigenvalue weighted by molar-refractivity contribution is 5.94. The molecule has 1 amide bonds. The molecule has 0 saturated carbocycles. The minimum atomic E-state index is -0.816. The van der Waals surface area contributed by atoms with E-state index in [4.69, 9.17) is 0 Å². The van der Waals surface area contributed by atoms with Crippen molar-refractivity contribution in [2.75, 3.05) is 19.4 Å².